The molecule has 0 amide bonds. The van der Waals surface area contributed by atoms with Gasteiger partial charge in [-0.1, -0.05) is 47.5 Å². The van der Waals surface area contributed by atoms with E-state index in [0.717, 1.165) is 11.8 Å². The molecule has 1 fully saturated rings. The van der Waals surface area contributed by atoms with Gasteiger partial charge >= 0.3 is 0 Å². The zero-order valence-corrected chi connectivity index (χ0v) is 16.1. The number of rotatable bonds is 5. The fourth-order valence-corrected chi connectivity index (χ4v) is 4.08. The minimum atomic E-state index is 0.236. The molecule has 1 aliphatic carbocycles. The lowest BCUT2D eigenvalue weighted by Gasteiger charge is -2.48. The van der Waals surface area contributed by atoms with Crippen molar-refractivity contribution in [3.05, 3.63) is 0 Å². The minimum Gasteiger partial charge on any atom is -0.312 e. The normalized spacial score (nSPS) is 29.4. The van der Waals surface area contributed by atoms with Crippen LogP contribution in [0.15, 0.2) is 0 Å². The van der Waals surface area contributed by atoms with Gasteiger partial charge in [0.25, 0.3) is 0 Å². The van der Waals surface area contributed by atoms with Crippen LogP contribution in [0, 0.1) is 22.7 Å². The highest BCUT2D eigenvalue weighted by molar-refractivity contribution is 4.94. The molecule has 0 bridgehead atoms. The molecular formula is C20H41N. The molecule has 1 aliphatic rings. The maximum absolute atomic E-state index is 3.83. The Hall–Kier alpha value is -0.0400. The SMILES string of the molecule is CCCC(C)C1(CNC(C)(C)C)CCC(C(C)(C)C)CC1. The smallest absolute Gasteiger partial charge is 0.00967 e. The van der Waals surface area contributed by atoms with Crippen molar-refractivity contribution in [3.63, 3.8) is 0 Å². The fourth-order valence-electron chi connectivity index (χ4n) is 4.08. The quantitative estimate of drug-likeness (QED) is 0.652. The number of nitrogens with one attached hydrogen (secondary N) is 1. The van der Waals surface area contributed by atoms with Gasteiger partial charge < -0.3 is 5.32 Å². The molecule has 1 nitrogen and oxygen atoms in total. The fraction of sp³-hybridized carbons (Fsp3) is 1.00. The summed E-state index contributed by atoms with van der Waals surface area (Å²) < 4.78 is 0. The van der Waals surface area contributed by atoms with E-state index in [-0.39, 0.29) is 5.54 Å². The van der Waals surface area contributed by atoms with E-state index in [1.54, 1.807) is 0 Å². The van der Waals surface area contributed by atoms with Crippen LogP contribution in [0.3, 0.4) is 0 Å². The van der Waals surface area contributed by atoms with Gasteiger partial charge in [0.05, 0.1) is 0 Å². The second-order valence-corrected chi connectivity index (χ2v) is 9.80. The first kappa shape index (κ1) is 19.0. The van der Waals surface area contributed by atoms with Gasteiger partial charge in [0, 0.05) is 12.1 Å². The van der Waals surface area contributed by atoms with Crippen molar-refractivity contribution >= 4 is 0 Å². The van der Waals surface area contributed by atoms with Crippen LogP contribution in [0.1, 0.15) is 93.9 Å². The first-order valence-corrected chi connectivity index (χ1v) is 9.25. The lowest BCUT2D eigenvalue weighted by molar-refractivity contribution is 0.0365. The Morgan fingerprint density at radius 3 is 1.95 bits per heavy atom. The second-order valence-electron chi connectivity index (χ2n) is 9.80. The summed E-state index contributed by atoms with van der Waals surface area (Å²) in [6.07, 6.45) is 8.37. The van der Waals surface area contributed by atoms with Gasteiger partial charge in [0.15, 0.2) is 0 Å². The van der Waals surface area contributed by atoms with E-state index in [2.05, 4.69) is 60.7 Å². The maximum atomic E-state index is 3.83. The van der Waals surface area contributed by atoms with Crippen molar-refractivity contribution in [2.45, 2.75) is 99.5 Å². The monoisotopic (exact) mass is 295 g/mol. The third kappa shape index (κ3) is 5.58. The molecule has 0 saturated heterocycles. The highest BCUT2D eigenvalue weighted by atomic mass is 15.0. The van der Waals surface area contributed by atoms with E-state index < -0.39 is 0 Å². The van der Waals surface area contributed by atoms with Crippen LogP contribution in [0.2, 0.25) is 0 Å². The predicted molar refractivity (Wildman–Crippen MR) is 95.7 cm³/mol. The van der Waals surface area contributed by atoms with Crippen molar-refractivity contribution in [1.82, 2.24) is 5.32 Å². The van der Waals surface area contributed by atoms with E-state index in [1.807, 2.05) is 0 Å². The minimum absolute atomic E-state index is 0.236. The molecule has 0 spiro atoms. The van der Waals surface area contributed by atoms with Crippen LogP contribution in [0.5, 0.6) is 0 Å². The topological polar surface area (TPSA) is 12.0 Å². The van der Waals surface area contributed by atoms with E-state index in [9.17, 15) is 0 Å². The lowest BCUT2D eigenvalue weighted by Crippen LogP contribution is -2.48. The zero-order valence-electron chi connectivity index (χ0n) is 16.1. The average molecular weight is 296 g/mol. The van der Waals surface area contributed by atoms with Crippen LogP contribution in [-0.4, -0.2) is 12.1 Å². The summed E-state index contributed by atoms with van der Waals surface area (Å²) in [6, 6.07) is 0. The molecule has 1 atom stereocenters. The molecule has 0 heterocycles. The van der Waals surface area contributed by atoms with E-state index in [1.165, 1.54) is 45.1 Å². The molecule has 1 rings (SSSR count). The third-order valence-electron chi connectivity index (χ3n) is 5.94. The molecule has 0 aliphatic heterocycles. The molecule has 0 aromatic carbocycles. The summed E-state index contributed by atoms with van der Waals surface area (Å²) in [5.74, 6) is 1.76. The van der Waals surface area contributed by atoms with Crippen molar-refractivity contribution in [2.75, 3.05) is 6.54 Å². The Morgan fingerprint density at radius 2 is 1.57 bits per heavy atom. The molecule has 0 aromatic rings. The predicted octanol–water partition coefficient (Wildman–Crippen LogP) is 6.03. The van der Waals surface area contributed by atoms with Crippen LogP contribution in [-0.2, 0) is 0 Å². The Morgan fingerprint density at radius 1 is 1.05 bits per heavy atom. The second kappa shape index (κ2) is 7.02. The molecule has 1 saturated carbocycles. The summed E-state index contributed by atoms with van der Waals surface area (Å²) in [7, 11) is 0. The largest absolute Gasteiger partial charge is 0.312 e. The lowest BCUT2D eigenvalue weighted by atomic mass is 9.59. The zero-order chi connectivity index (χ0) is 16.3. The first-order chi connectivity index (χ1) is 9.50. The molecule has 1 N–H and O–H groups in total. The number of hydrogen-bond acceptors (Lipinski definition) is 1. The van der Waals surface area contributed by atoms with Crippen LogP contribution >= 0.6 is 0 Å². The maximum Gasteiger partial charge on any atom is 0.00967 e. The van der Waals surface area contributed by atoms with Gasteiger partial charge in [-0.25, -0.2) is 0 Å². The van der Waals surface area contributed by atoms with Crippen molar-refractivity contribution in [1.29, 1.82) is 0 Å². The van der Waals surface area contributed by atoms with Gasteiger partial charge in [-0.3, -0.25) is 0 Å². The van der Waals surface area contributed by atoms with Gasteiger partial charge in [0.1, 0.15) is 0 Å². The highest BCUT2D eigenvalue weighted by Gasteiger charge is 2.42. The van der Waals surface area contributed by atoms with Gasteiger partial charge in [-0.2, -0.15) is 0 Å². The van der Waals surface area contributed by atoms with Crippen LogP contribution in [0.4, 0.5) is 0 Å². The Bertz CT molecular complexity index is 297. The van der Waals surface area contributed by atoms with Crippen LogP contribution in [0.25, 0.3) is 0 Å². The van der Waals surface area contributed by atoms with Crippen molar-refractivity contribution in [3.8, 4) is 0 Å². The number of hydrogen-bond donors (Lipinski definition) is 1. The molecule has 21 heavy (non-hydrogen) atoms. The molecule has 1 unspecified atom stereocenters. The van der Waals surface area contributed by atoms with Gasteiger partial charge in [-0.15, -0.1) is 0 Å². The summed E-state index contributed by atoms with van der Waals surface area (Å²) in [6.45, 7) is 20.2. The highest BCUT2D eigenvalue weighted by Crippen LogP contribution is 2.49. The van der Waals surface area contributed by atoms with E-state index in [0.29, 0.717) is 10.8 Å². The Balaban J connectivity index is 2.76. The van der Waals surface area contributed by atoms with Crippen molar-refractivity contribution in [2.24, 2.45) is 22.7 Å². The molecular weight excluding hydrogens is 254 g/mol. The van der Waals surface area contributed by atoms with E-state index in [4.69, 9.17) is 0 Å². The molecule has 126 valence electrons. The van der Waals surface area contributed by atoms with Crippen LogP contribution < -0.4 is 5.32 Å². The van der Waals surface area contributed by atoms with Crippen molar-refractivity contribution < 1.29 is 0 Å². The summed E-state index contributed by atoms with van der Waals surface area (Å²) >= 11 is 0. The van der Waals surface area contributed by atoms with Gasteiger partial charge in [0.2, 0.25) is 0 Å². The summed E-state index contributed by atoms with van der Waals surface area (Å²) in [5, 5.41) is 3.83. The Labute approximate surface area is 134 Å². The van der Waals surface area contributed by atoms with E-state index >= 15 is 0 Å². The summed E-state index contributed by atoms with van der Waals surface area (Å²) in [4.78, 5) is 0. The average Bonchev–Trinajstić information content (AvgIpc) is 2.35. The Kier molecular flexibility index (Phi) is 6.36. The molecule has 0 radical (unpaired) electrons. The summed E-state index contributed by atoms with van der Waals surface area (Å²) in [5.41, 5.74) is 1.25. The molecule has 1 heteroatoms. The third-order valence-corrected chi connectivity index (χ3v) is 5.94. The molecule has 0 aromatic heterocycles. The standard InChI is InChI=1S/C20H41N/c1-9-10-16(2)20(15-21-19(6,7)8)13-11-17(12-14-20)18(3,4)5/h16-17,21H,9-15H2,1-8H3. The van der Waals surface area contributed by atoms with Gasteiger partial charge in [-0.05, 0) is 69.1 Å². The first-order valence-electron chi connectivity index (χ1n) is 9.25.